The van der Waals surface area contributed by atoms with Crippen LogP contribution < -0.4 is 11.1 Å². The van der Waals surface area contributed by atoms with E-state index in [4.69, 9.17) is 5.73 Å². The number of benzene rings is 1. The number of hydrogen-bond donors (Lipinski definition) is 2. The molecule has 3 N–H and O–H groups in total. The number of imide groups is 2. The van der Waals surface area contributed by atoms with E-state index in [1.165, 1.54) is 0 Å². The van der Waals surface area contributed by atoms with Gasteiger partial charge in [-0.1, -0.05) is 12.1 Å². The lowest BCUT2D eigenvalue weighted by Crippen LogP contribution is -2.54. The Kier molecular flexibility index (Phi) is 5.38. The first-order valence-corrected chi connectivity index (χ1v) is 9.12. The normalized spacial score (nSPS) is 19.9. The van der Waals surface area contributed by atoms with Crippen molar-refractivity contribution in [2.24, 2.45) is 5.73 Å². The van der Waals surface area contributed by atoms with Gasteiger partial charge in [-0.3, -0.25) is 34.3 Å². The highest BCUT2D eigenvalue weighted by atomic mass is 16.2. The van der Waals surface area contributed by atoms with Crippen LogP contribution in [0.4, 0.5) is 0 Å². The summed E-state index contributed by atoms with van der Waals surface area (Å²) < 4.78 is 0. The zero-order valence-corrected chi connectivity index (χ0v) is 15.5. The SMILES string of the molecule is CC(C)N(CCN)Cc1cccc2c1C(=O)N(C1CCC(=O)NC1=O)C2=O. The van der Waals surface area contributed by atoms with Crippen molar-refractivity contribution in [3.8, 4) is 0 Å². The Morgan fingerprint density at radius 3 is 2.59 bits per heavy atom. The number of nitrogens with zero attached hydrogens (tertiary/aromatic N) is 2. The Labute approximate surface area is 157 Å². The second-order valence-electron chi connectivity index (χ2n) is 7.14. The predicted molar refractivity (Wildman–Crippen MR) is 97.7 cm³/mol. The highest BCUT2D eigenvalue weighted by Gasteiger charge is 2.45. The molecule has 8 nitrogen and oxygen atoms in total. The summed E-state index contributed by atoms with van der Waals surface area (Å²) in [7, 11) is 0. The minimum absolute atomic E-state index is 0.105. The Balaban J connectivity index is 1.92. The number of amides is 4. The number of fused-ring (bicyclic) bond motifs is 1. The number of hydrogen-bond acceptors (Lipinski definition) is 6. The van der Waals surface area contributed by atoms with Gasteiger partial charge in [0.1, 0.15) is 6.04 Å². The van der Waals surface area contributed by atoms with Crippen LogP contribution in [0.3, 0.4) is 0 Å². The van der Waals surface area contributed by atoms with E-state index < -0.39 is 23.8 Å². The minimum atomic E-state index is -0.951. The smallest absolute Gasteiger partial charge is 0.262 e. The van der Waals surface area contributed by atoms with E-state index in [1.54, 1.807) is 12.1 Å². The Hall–Kier alpha value is -2.58. The molecule has 2 aliphatic heterocycles. The first kappa shape index (κ1) is 19.2. The van der Waals surface area contributed by atoms with Crippen molar-refractivity contribution >= 4 is 23.6 Å². The maximum Gasteiger partial charge on any atom is 0.262 e. The molecule has 0 saturated carbocycles. The van der Waals surface area contributed by atoms with Gasteiger partial charge in [0, 0.05) is 32.1 Å². The van der Waals surface area contributed by atoms with E-state index in [0.29, 0.717) is 30.8 Å². The van der Waals surface area contributed by atoms with Crippen molar-refractivity contribution in [1.29, 1.82) is 0 Å². The zero-order valence-electron chi connectivity index (χ0n) is 15.5. The molecule has 2 heterocycles. The van der Waals surface area contributed by atoms with Crippen LogP contribution in [-0.4, -0.2) is 58.6 Å². The topological polar surface area (TPSA) is 113 Å². The third kappa shape index (κ3) is 3.50. The monoisotopic (exact) mass is 372 g/mol. The molecule has 3 rings (SSSR count). The van der Waals surface area contributed by atoms with E-state index in [0.717, 1.165) is 10.5 Å². The number of rotatable bonds is 6. The third-order valence-electron chi connectivity index (χ3n) is 5.07. The van der Waals surface area contributed by atoms with Gasteiger partial charge in [-0.15, -0.1) is 0 Å². The summed E-state index contributed by atoms with van der Waals surface area (Å²) in [6.45, 7) is 5.73. The molecular weight excluding hydrogens is 348 g/mol. The predicted octanol–water partition coefficient (Wildman–Crippen LogP) is 0.257. The molecule has 0 aromatic heterocycles. The lowest BCUT2D eigenvalue weighted by atomic mass is 10.0. The first-order valence-electron chi connectivity index (χ1n) is 9.12. The van der Waals surface area contributed by atoms with Gasteiger partial charge < -0.3 is 5.73 Å². The van der Waals surface area contributed by atoms with Crippen molar-refractivity contribution in [3.05, 3.63) is 34.9 Å². The maximum atomic E-state index is 13.1. The van der Waals surface area contributed by atoms with Gasteiger partial charge in [-0.05, 0) is 31.9 Å². The molecule has 1 saturated heterocycles. The molecule has 0 aliphatic carbocycles. The van der Waals surface area contributed by atoms with E-state index >= 15 is 0 Å². The van der Waals surface area contributed by atoms with Gasteiger partial charge in [0.05, 0.1) is 11.1 Å². The van der Waals surface area contributed by atoms with E-state index in [-0.39, 0.29) is 24.8 Å². The van der Waals surface area contributed by atoms with E-state index in [1.807, 2.05) is 19.9 Å². The van der Waals surface area contributed by atoms with Crippen LogP contribution in [0.2, 0.25) is 0 Å². The second kappa shape index (κ2) is 7.58. The largest absolute Gasteiger partial charge is 0.329 e. The van der Waals surface area contributed by atoms with Crippen LogP contribution in [0.5, 0.6) is 0 Å². The molecule has 0 spiro atoms. The van der Waals surface area contributed by atoms with Crippen LogP contribution in [0.25, 0.3) is 0 Å². The highest BCUT2D eigenvalue weighted by molar-refractivity contribution is 6.24. The summed E-state index contributed by atoms with van der Waals surface area (Å²) in [5, 5.41) is 2.21. The fourth-order valence-electron chi connectivity index (χ4n) is 3.62. The number of carbonyl (C=O) groups excluding carboxylic acids is 4. The van der Waals surface area contributed by atoms with Crippen LogP contribution in [-0.2, 0) is 16.1 Å². The molecule has 1 fully saturated rings. The molecule has 4 amide bonds. The summed E-state index contributed by atoms with van der Waals surface area (Å²) in [4.78, 5) is 52.6. The van der Waals surface area contributed by atoms with Crippen LogP contribution in [0.1, 0.15) is 53.0 Å². The average molecular weight is 372 g/mol. The standard InChI is InChI=1S/C19H24N4O4/c1-11(2)22(9-8-20)10-12-4-3-5-13-16(12)19(27)23(18(13)26)14-6-7-15(24)21-17(14)25/h3-5,11,14H,6-10,20H2,1-2H3,(H,21,24,25). The van der Waals surface area contributed by atoms with Crippen LogP contribution in [0.15, 0.2) is 18.2 Å². The van der Waals surface area contributed by atoms with Crippen molar-refractivity contribution in [2.45, 2.75) is 45.3 Å². The lowest BCUT2D eigenvalue weighted by molar-refractivity contribution is -0.136. The molecule has 8 heteroatoms. The molecule has 144 valence electrons. The van der Waals surface area contributed by atoms with Gasteiger partial charge in [0.25, 0.3) is 11.8 Å². The van der Waals surface area contributed by atoms with E-state index in [2.05, 4.69) is 10.2 Å². The van der Waals surface area contributed by atoms with Crippen molar-refractivity contribution < 1.29 is 19.2 Å². The van der Waals surface area contributed by atoms with Gasteiger partial charge in [0.15, 0.2) is 0 Å². The fraction of sp³-hybridized carbons (Fsp3) is 0.474. The fourth-order valence-corrected chi connectivity index (χ4v) is 3.62. The summed E-state index contributed by atoms with van der Waals surface area (Å²) in [6, 6.07) is 4.45. The molecular formula is C19H24N4O4. The molecule has 2 aliphatic rings. The number of piperidine rings is 1. The van der Waals surface area contributed by atoms with Crippen molar-refractivity contribution in [2.75, 3.05) is 13.1 Å². The molecule has 27 heavy (non-hydrogen) atoms. The molecule has 1 unspecified atom stereocenters. The second-order valence-corrected chi connectivity index (χ2v) is 7.14. The van der Waals surface area contributed by atoms with Crippen LogP contribution >= 0.6 is 0 Å². The highest BCUT2D eigenvalue weighted by Crippen LogP contribution is 2.30. The number of carbonyl (C=O) groups is 4. The lowest BCUT2D eigenvalue weighted by Gasteiger charge is -2.28. The van der Waals surface area contributed by atoms with Gasteiger partial charge in [0.2, 0.25) is 11.8 Å². The van der Waals surface area contributed by atoms with Crippen molar-refractivity contribution in [3.63, 3.8) is 0 Å². The molecule has 1 atom stereocenters. The molecule has 1 aromatic rings. The Bertz CT molecular complexity index is 805. The summed E-state index contributed by atoms with van der Waals surface area (Å²) in [5.41, 5.74) is 7.07. The van der Waals surface area contributed by atoms with Gasteiger partial charge in [-0.25, -0.2) is 0 Å². The molecule has 0 radical (unpaired) electrons. The van der Waals surface area contributed by atoms with Crippen molar-refractivity contribution in [1.82, 2.24) is 15.1 Å². The summed E-state index contributed by atoms with van der Waals surface area (Å²) in [5.74, 6) is -1.95. The van der Waals surface area contributed by atoms with Gasteiger partial charge >= 0.3 is 0 Å². The van der Waals surface area contributed by atoms with Gasteiger partial charge in [-0.2, -0.15) is 0 Å². The maximum absolute atomic E-state index is 13.1. The first-order chi connectivity index (χ1) is 12.8. The van der Waals surface area contributed by atoms with Crippen LogP contribution in [0, 0.1) is 0 Å². The minimum Gasteiger partial charge on any atom is -0.329 e. The average Bonchev–Trinajstić information content (AvgIpc) is 2.87. The van der Waals surface area contributed by atoms with E-state index in [9.17, 15) is 19.2 Å². The Morgan fingerprint density at radius 1 is 1.22 bits per heavy atom. The number of nitrogens with two attached hydrogens (primary N) is 1. The molecule has 0 bridgehead atoms. The third-order valence-corrected chi connectivity index (χ3v) is 5.07. The zero-order chi connectivity index (χ0) is 19.7. The number of nitrogens with one attached hydrogen (secondary N) is 1. The quantitative estimate of drug-likeness (QED) is 0.693. The summed E-state index contributed by atoms with van der Waals surface area (Å²) >= 11 is 0. The Morgan fingerprint density at radius 2 is 1.96 bits per heavy atom. The summed E-state index contributed by atoms with van der Waals surface area (Å²) in [6.07, 6.45) is 0.255. The molecule has 1 aromatic carbocycles.